The lowest BCUT2D eigenvalue weighted by molar-refractivity contribution is 0.0343. The number of carbonyl (C=O) groups is 2. The highest BCUT2D eigenvalue weighted by molar-refractivity contribution is 5.94. The Hall–Kier alpha value is -5.60. The van der Waals surface area contributed by atoms with E-state index in [0.29, 0.717) is 61.8 Å². The summed E-state index contributed by atoms with van der Waals surface area (Å²) in [5.41, 5.74) is 8.67. The molecular formula is C42H53N11O3. The number of allylic oxidation sites excluding steroid dienone is 1. The number of amides is 2. The fourth-order valence-electron chi connectivity index (χ4n) is 8.07. The molecule has 1 aliphatic heterocycles. The molecule has 4 aromatic heterocycles. The predicted octanol–water partition coefficient (Wildman–Crippen LogP) is 5.41. The molecule has 0 saturated carbocycles. The van der Waals surface area contributed by atoms with E-state index in [0.717, 1.165) is 58.7 Å². The maximum absolute atomic E-state index is 14.0. The van der Waals surface area contributed by atoms with Gasteiger partial charge in [-0.25, -0.2) is 0 Å². The van der Waals surface area contributed by atoms with Crippen LogP contribution < -0.4 is 11.2 Å². The van der Waals surface area contributed by atoms with Gasteiger partial charge in [0.05, 0.1) is 52.7 Å². The average molecular weight is 760 g/mol. The van der Waals surface area contributed by atoms with Gasteiger partial charge in [-0.2, -0.15) is 20.2 Å². The summed E-state index contributed by atoms with van der Waals surface area (Å²) in [6, 6.07) is 17.8. The lowest BCUT2D eigenvalue weighted by Gasteiger charge is -2.27. The van der Waals surface area contributed by atoms with Crippen molar-refractivity contribution in [2.24, 2.45) is 24.1 Å². The number of para-hydroxylation sites is 3. The van der Waals surface area contributed by atoms with Crippen LogP contribution in [-0.4, -0.2) is 80.8 Å². The van der Waals surface area contributed by atoms with Gasteiger partial charge in [0.25, 0.3) is 11.8 Å². The Morgan fingerprint density at radius 1 is 0.804 bits per heavy atom. The summed E-state index contributed by atoms with van der Waals surface area (Å²) < 4.78 is 17.4. The molecule has 1 aliphatic rings. The zero-order valence-electron chi connectivity index (χ0n) is 33.6. The number of benzene rings is 2. The zero-order chi connectivity index (χ0) is 39.7. The minimum absolute atomic E-state index is 0.0692. The van der Waals surface area contributed by atoms with Crippen LogP contribution in [0.2, 0.25) is 0 Å². The van der Waals surface area contributed by atoms with Crippen molar-refractivity contribution in [1.82, 2.24) is 42.7 Å². The monoisotopic (exact) mass is 759 g/mol. The molecule has 0 aliphatic carbocycles. The van der Waals surface area contributed by atoms with E-state index in [9.17, 15) is 9.59 Å². The first-order valence-corrected chi connectivity index (χ1v) is 19.6. The number of carbonyl (C=O) groups excluding carboxylic acids is 2. The Balaban J connectivity index is 1.32. The molecule has 1 fully saturated rings. The molecule has 0 N–H and O–H groups in total. The number of aromatic nitrogens is 8. The maximum Gasteiger partial charge on any atom is 0.298 e. The molecule has 2 atom stereocenters. The summed E-state index contributed by atoms with van der Waals surface area (Å²) >= 11 is 0. The number of morpholine rings is 1. The summed E-state index contributed by atoms with van der Waals surface area (Å²) in [6.45, 7) is 19.2. The number of aryl methyl sites for hydroxylation is 6. The van der Waals surface area contributed by atoms with Gasteiger partial charge in [0.15, 0.2) is 0 Å². The van der Waals surface area contributed by atoms with Crippen LogP contribution in [0.5, 0.6) is 0 Å². The first-order chi connectivity index (χ1) is 27.0. The molecule has 1 saturated heterocycles. The molecule has 7 rings (SSSR count). The van der Waals surface area contributed by atoms with E-state index in [1.54, 1.807) is 21.5 Å². The summed E-state index contributed by atoms with van der Waals surface area (Å²) in [5.74, 6) is -0.683. The second-order valence-corrected chi connectivity index (χ2v) is 14.7. The number of nitrogens with zero attached hydrogens (tertiary/aromatic N) is 11. The quantitative estimate of drug-likeness (QED) is 0.154. The minimum atomic E-state index is -0.347. The average Bonchev–Trinajstić information content (AvgIpc) is 3.93. The lowest BCUT2D eigenvalue weighted by Crippen LogP contribution is -2.36. The highest BCUT2D eigenvalue weighted by Gasteiger charge is 2.24. The van der Waals surface area contributed by atoms with Gasteiger partial charge in [-0.05, 0) is 83.4 Å². The van der Waals surface area contributed by atoms with E-state index < -0.39 is 0 Å². The Labute approximate surface area is 326 Å². The molecule has 294 valence electrons. The predicted molar refractivity (Wildman–Crippen MR) is 216 cm³/mol. The number of rotatable bonds is 12. The molecule has 1 unspecified atom stereocenters. The van der Waals surface area contributed by atoms with Gasteiger partial charge in [0, 0.05) is 52.9 Å². The maximum atomic E-state index is 14.0. The van der Waals surface area contributed by atoms with Crippen LogP contribution in [0.25, 0.3) is 22.1 Å². The van der Waals surface area contributed by atoms with Crippen LogP contribution in [0, 0.1) is 13.8 Å². The van der Waals surface area contributed by atoms with Crippen molar-refractivity contribution in [3.63, 3.8) is 0 Å². The topological polar surface area (TPSA) is 127 Å². The lowest BCUT2D eigenvalue weighted by atomic mass is 10.1. The molecule has 0 spiro atoms. The Morgan fingerprint density at radius 2 is 1.36 bits per heavy atom. The standard InChI is InChI=1S/C42H53N11O3/c1-9-32(20-19-30(6)52-34-17-13-12-16-33(34)47(7)41(52)43-39(54)36-25-28(4)45-50(36)10-2)53-38-31(27-49-21-23-56-24-22-49)15-14-18-35(38)48(8)42(53)44-40(55)37-26-29(5)46-51(37)11-3/h9,12-18,25-26,30,32H,1,10-11,19-24,27H2,2-8H3/t30?,32-/m0/s1. The van der Waals surface area contributed by atoms with Crippen molar-refractivity contribution >= 4 is 33.9 Å². The van der Waals surface area contributed by atoms with Gasteiger partial charge in [0.2, 0.25) is 11.2 Å². The molecule has 14 heteroatoms. The molecule has 14 nitrogen and oxygen atoms in total. The second kappa shape index (κ2) is 16.2. The normalized spacial score (nSPS) is 15.6. The first-order valence-electron chi connectivity index (χ1n) is 19.6. The van der Waals surface area contributed by atoms with E-state index in [-0.39, 0.29) is 23.9 Å². The third-order valence-corrected chi connectivity index (χ3v) is 10.9. The van der Waals surface area contributed by atoms with Gasteiger partial charge in [-0.15, -0.1) is 6.58 Å². The van der Waals surface area contributed by atoms with Gasteiger partial charge in [-0.1, -0.05) is 30.3 Å². The summed E-state index contributed by atoms with van der Waals surface area (Å²) in [5, 5.41) is 9.00. The number of hydrogen-bond donors (Lipinski definition) is 0. The molecule has 0 bridgehead atoms. The number of hydrogen-bond acceptors (Lipinski definition) is 6. The van der Waals surface area contributed by atoms with Gasteiger partial charge >= 0.3 is 0 Å². The molecule has 0 radical (unpaired) electrons. The van der Waals surface area contributed by atoms with Crippen molar-refractivity contribution in [2.45, 2.75) is 79.2 Å². The van der Waals surface area contributed by atoms with E-state index in [1.807, 2.05) is 75.2 Å². The fraction of sp³-hybridized carbons (Fsp3) is 0.429. The first kappa shape index (κ1) is 38.7. The van der Waals surface area contributed by atoms with Crippen molar-refractivity contribution < 1.29 is 14.3 Å². The number of ether oxygens (including phenoxy) is 1. The number of imidazole rings is 2. The molecule has 2 amide bonds. The second-order valence-electron chi connectivity index (χ2n) is 14.7. The van der Waals surface area contributed by atoms with Crippen LogP contribution in [0.1, 0.15) is 83.6 Å². The highest BCUT2D eigenvalue weighted by atomic mass is 16.5. The molecule has 6 aromatic rings. The highest BCUT2D eigenvalue weighted by Crippen LogP contribution is 2.29. The van der Waals surface area contributed by atoms with Gasteiger partial charge < -0.3 is 23.0 Å². The molecule has 56 heavy (non-hydrogen) atoms. The number of fused-ring (bicyclic) bond motifs is 2. The van der Waals surface area contributed by atoms with E-state index >= 15 is 0 Å². The summed E-state index contributed by atoms with van der Waals surface area (Å²) in [4.78, 5) is 39.7. The van der Waals surface area contributed by atoms with Crippen molar-refractivity contribution in [3.8, 4) is 0 Å². The molecular weight excluding hydrogens is 707 g/mol. The molecule has 2 aromatic carbocycles. The Kier molecular flexibility index (Phi) is 11.2. The third kappa shape index (κ3) is 7.26. The van der Waals surface area contributed by atoms with E-state index in [4.69, 9.17) is 14.7 Å². The van der Waals surface area contributed by atoms with Crippen LogP contribution in [0.15, 0.2) is 77.2 Å². The van der Waals surface area contributed by atoms with Crippen molar-refractivity contribution in [1.29, 1.82) is 0 Å². The van der Waals surface area contributed by atoms with Crippen LogP contribution in [-0.2, 0) is 38.5 Å². The summed E-state index contributed by atoms with van der Waals surface area (Å²) in [6.07, 6.45) is 3.34. The molecule has 5 heterocycles. The smallest absolute Gasteiger partial charge is 0.298 e. The van der Waals surface area contributed by atoms with E-state index in [1.165, 1.54) is 0 Å². The summed E-state index contributed by atoms with van der Waals surface area (Å²) in [7, 11) is 3.92. The Bertz CT molecular complexity index is 2570. The van der Waals surface area contributed by atoms with Crippen LogP contribution in [0.3, 0.4) is 0 Å². The van der Waals surface area contributed by atoms with E-state index in [2.05, 4.69) is 62.0 Å². The third-order valence-electron chi connectivity index (χ3n) is 10.9. The Morgan fingerprint density at radius 3 is 1.95 bits per heavy atom. The zero-order valence-corrected chi connectivity index (χ0v) is 33.6. The van der Waals surface area contributed by atoms with Crippen LogP contribution in [0.4, 0.5) is 0 Å². The van der Waals surface area contributed by atoms with Gasteiger partial charge in [0.1, 0.15) is 11.4 Å². The SMILES string of the molecule is C=C[C@@H](CCC(C)n1c(=NC(=O)c2cc(C)nn2CC)n(C)c2ccccc21)n1c(=NC(=O)c2cc(C)nn2CC)n(C)c2cccc(CN3CCOCC3)c21. The van der Waals surface area contributed by atoms with Crippen molar-refractivity contribution in [3.05, 3.63) is 107 Å². The fourth-order valence-corrected chi connectivity index (χ4v) is 8.07. The van der Waals surface area contributed by atoms with Crippen molar-refractivity contribution in [2.75, 3.05) is 26.3 Å². The van der Waals surface area contributed by atoms with Gasteiger partial charge in [-0.3, -0.25) is 23.9 Å². The minimum Gasteiger partial charge on any atom is -0.379 e. The largest absolute Gasteiger partial charge is 0.379 e. The van der Waals surface area contributed by atoms with Crippen LogP contribution >= 0.6 is 0 Å².